The van der Waals surface area contributed by atoms with E-state index in [4.69, 9.17) is 9.97 Å². The highest BCUT2D eigenvalue weighted by atomic mass is 16.3. The molecule has 0 aliphatic heterocycles. The van der Waals surface area contributed by atoms with Crippen LogP contribution in [0.15, 0.2) is 164 Å². The lowest BCUT2D eigenvalue weighted by Gasteiger charge is -2.27. The first-order valence-corrected chi connectivity index (χ1v) is 23.6. The molecule has 0 atom stereocenters. The van der Waals surface area contributed by atoms with Crippen LogP contribution in [0.2, 0.25) is 0 Å². The summed E-state index contributed by atoms with van der Waals surface area (Å²) in [7, 11) is 0. The maximum atomic E-state index is 11.9. The molecule has 9 aromatic rings. The number of fused-ring (bicyclic) bond motifs is 2. The third kappa shape index (κ3) is 8.76. The number of anilines is 3. The van der Waals surface area contributed by atoms with Crippen LogP contribution >= 0.6 is 0 Å². The molecule has 67 heavy (non-hydrogen) atoms. The minimum atomic E-state index is -0.186. The van der Waals surface area contributed by atoms with E-state index in [1.165, 1.54) is 22.1 Å². The van der Waals surface area contributed by atoms with Gasteiger partial charge >= 0.3 is 0 Å². The molecule has 0 aliphatic carbocycles. The van der Waals surface area contributed by atoms with Gasteiger partial charge < -0.3 is 10.0 Å². The van der Waals surface area contributed by atoms with Crippen LogP contribution in [0, 0.1) is 0 Å². The minimum absolute atomic E-state index is 0.0342. The van der Waals surface area contributed by atoms with Crippen molar-refractivity contribution in [1.29, 1.82) is 0 Å². The van der Waals surface area contributed by atoms with Crippen LogP contribution in [0.1, 0.15) is 105 Å². The number of aromatic nitrogens is 3. The van der Waals surface area contributed by atoms with Crippen LogP contribution in [0.4, 0.5) is 17.1 Å². The van der Waals surface area contributed by atoms with Gasteiger partial charge in [-0.05, 0) is 128 Å². The zero-order chi connectivity index (χ0) is 47.6. The molecule has 338 valence electrons. The van der Waals surface area contributed by atoms with Crippen molar-refractivity contribution in [3.8, 4) is 45.1 Å². The van der Waals surface area contributed by atoms with E-state index >= 15 is 0 Å². The highest BCUT2D eigenvalue weighted by Crippen LogP contribution is 2.46. The number of pyridine rings is 1. The fraction of sp³-hybridized carbons (Fsp3) is 0.258. The van der Waals surface area contributed by atoms with Gasteiger partial charge in [-0.25, -0.2) is 4.98 Å². The maximum absolute atomic E-state index is 11.9. The van der Waals surface area contributed by atoms with E-state index in [-0.39, 0.29) is 27.4 Å². The molecular weight excluding hydrogens is 817 g/mol. The Balaban J connectivity index is 1.43. The lowest BCUT2D eigenvalue weighted by molar-refractivity contribution is 0.475. The molecule has 0 amide bonds. The summed E-state index contributed by atoms with van der Waals surface area (Å²) < 4.78 is 2.25. The second-order valence-electron chi connectivity index (χ2n) is 22.3. The van der Waals surface area contributed by atoms with E-state index in [0.29, 0.717) is 11.4 Å². The second-order valence-corrected chi connectivity index (χ2v) is 22.3. The highest BCUT2D eigenvalue weighted by Gasteiger charge is 2.27. The SMILES string of the molecule is CC(C)(C)c1ccc(-n2c(-c3cc(C(C)(C)C)ccc3O)nc3c(-c4cc(-c5cccc6c(C(C)(C)C)ccnc56)cc(C(C)(C)C)c4)cc(N(c4ccccc4)c4ccccc4)cc32)cc1. The van der Waals surface area contributed by atoms with Crippen LogP contribution in [0.3, 0.4) is 0 Å². The summed E-state index contributed by atoms with van der Waals surface area (Å²) >= 11 is 0. The molecule has 5 heteroatoms. The average molecular weight is 881 g/mol. The van der Waals surface area contributed by atoms with Gasteiger partial charge in [-0.2, -0.15) is 0 Å². The standard InChI is InChI=1S/C62H64N4O/c1-59(2,3)42-26-29-47(30-27-42)66-54-39-48(65(45-20-15-13-16-21-45)46-22-17-14-18-23-46)38-51(57(54)64-58(66)52-37-43(60(4,5)6)28-31-55(52)67)41-34-40(35-44(36-41)61(7,8)9)49-24-19-25-50-53(62(10,11)12)32-33-63-56(49)50/h13-39,67H,1-12H3. The highest BCUT2D eigenvalue weighted by molar-refractivity contribution is 6.02. The van der Waals surface area contributed by atoms with E-state index in [0.717, 1.165) is 67.1 Å². The molecule has 2 aromatic heterocycles. The number of phenols is 1. The molecule has 0 aliphatic rings. The summed E-state index contributed by atoms with van der Waals surface area (Å²) in [6, 6.07) is 56.4. The Labute approximate surface area is 397 Å². The molecule has 0 unspecified atom stereocenters. The van der Waals surface area contributed by atoms with Gasteiger partial charge in [0.15, 0.2) is 0 Å². The molecule has 5 nitrogen and oxygen atoms in total. The summed E-state index contributed by atoms with van der Waals surface area (Å²) in [5.41, 5.74) is 16.1. The van der Waals surface area contributed by atoms with E-state index in [9.17, 15) is 5.11 Å². The zero-order valence-corrected chi connectivity index (χ0v) is 41.3. The molecule has 0 radical (unpaired) electrons. The van der Waals surface area contributed by atoms with Crippen LogP contribution in [-0.2, 0) is 21.7 Å². The number of rotatable bonds is 7. The van der Waals surface area contributed by atoms with Crippen LogP contribution in [0.5, 0.6) is 5.75 Å². The third-order valence-electron chi connectivity index (χ3n) is 13.1. The monoisotopic (exact) mass is 881 g/mol. The van der Waals surface area contributed by atoms with Crippen molar-refractivity contribution in [2.75, 3.05) is 4.90 Å². The van der Waals surface area contributed by atoms with Gasteiger partial charge in [0.25, 0.3) is 0 Å². The topological polar surface area (TPSA) is 54.2 Å². The lowest BCUT2D eigenvalue weighted by Crippen LogP contribution is -2.12. The number of nitrogens with zero attached hydrogens (tertiary/aromatic N) is 4. The number of benzene rings is 7. The molecule has 2 heterocycles. The van der Waals surface area contributed by atoms with Gasteiger partial charge in [0.1, 0.15) is 11.6 Å². The van der Waals surface area contributed by atoms with Crippen molar-refractivity contribution in [3.05, 3.63) is 186 Å². The largest absolute Gasteiger partial charge is 0.507 e. The summed E-state index contributed by atoms with van der Waals surface area (Å²) in [6.07, 6.45) is 1.96. The quantitative estimate of drug-likeness (QED) is 0.173. The van der Waals surface area contributed by atoms with Crippen LogP contribution in [0.25, 0.3) is 61.3 Å². The number of aromatic hydroxyl groups is 1. The number of hydrogen-bond donors (Lipinski definition) is 1. The number of phenolic OH excluding ortho intramolecular Hbond substituents is 1. The van der Waals surface area contributed by atoms with Gasteiger partial charge in [0.2, 0.25) is 0 Å². The third-order valence-corrected chi connectivity index (χ3v) is 13.1. The minimum Gasteiger partial charge on any atom is -0.507 e. The van der Waals surface area contributed by atoms with Crippen molar-refractivity contribution in [2.45, 2.75) is 105 Å². The molecule has 0 saturated carbocycles. The van der Waals surface area contributed by atoms with Gasteiger partial charge in [-0.15, -0.1) is 0 Å². The summed E-state index contributed by atoms with van der Waals surface area (Å²) in [6.45, 7) is 27.0. The van der Waals surface area contributed by atoms with Gasteiger partial charge in [-0.3, -0.25) is 9.55 Å². The summed E-state index contributed by atoms with van der Waals surface area (Å²) in [4.78, 5) is 13.1. The molecule has 0 fully saturated rings. The number of para-hydroxylation sites is 3. The second kappa shape index (κ2) is 16.7. The Bertz CT molecular complexity index is 3220. The summed E-state index contributed by atoms with van der Waals surface area (Å²) in [5, 5.41) is 13.1. The Morgan fingerprint density at radius 3 is 1.61 bits per heavy atom. The van der Waals surface area contributed by atoms with Gasteiger partial charge in [0, 0.05) is 45.5 Å². The Morgan fingerprint density at radius 1 is 0.448 bits per heavy atom. The van der Waals surface area contributed by atoms with Gasteiger partial charge in [-0.1, -0.05) is 168 Å². The fourth-order valence-corrected chi connectivity index (χ4v) is 9.28. The summed E-state index contributed by atoms with van der Waals surface area (Å²) in [5.74, 6) is 0.856. The van der Waals surface area contributed by atoms with Crippen LogP contribution in [-0.4, -0.2) is 19.6 Å². The lowest BCUT2D eigenvalue weighted by atomic mass is 9.82. The van der Waals surface area contributed by atoms with E-state index in [1.807, 2.05) is 18.3 Å². The first-order chi connectivity index (χ1) is 31.7. The van der Waals surface area contributed by atoms with E-state index < -0.39 is 0 Å². The van der Waals surface area contributed by atoms with Crippen LogP contribution < -0.4 is 4.90 Å². The van der Waals surface area contributed by atoms with Gasteiger partial charge in [0.05, 0.1) is 22.1 Å². The molecule has 0 saturated heterocycles. The number of hydrogen-bond acceptors (Lipinski definition) is 4. The van der Waals surface area contributed by atoms with E-state index in [2.05, 4.69) is 238 Å². The zero-order valence-electron chi connectivity index (χ0n) is 41.3. The predicted octanol–water partition coefficient (Wildman–Crippen LogP) is 16.9. The number of imidazole rings is 1. The smallest absolute Gasteiger partial charge is 0.149 e. The van der Waals surface area contributed by atoms with Crippen molar-refractivity contribution in [2.24, 2.45) is 0 Å². The van der Waals surface area contributed by atoms with E-state index in [1.54, 1.807) is 0 Å². The molecule has 1 N–H and O–H groups in total. The van der Waals surface area contributed by atoms with Crippen molar-refractivity contribution in [1.82, 2.24) is 14.5 Å². The Hall–Kier alpha value is -6.98. The average Bonchev–Trinajstić information content (AvgIpc) is 3.67. The molecular formula is C62H64N4O. The molecule has 9 rings (SSSR count). The molecule has 0 spiro atoms. The first kappa shape index (κ1) is 45.2. The molecule has 7 aromatic carbocycles. The van der Waals surface area contributed by atoms with Crippen molar-refractivity contribution < 1.29 is 5.11 Å². The Kier molecular flexibility index (Phi) is 11.3. The predicted molar refractivity (Wildman–Crippen MR) is 284 cm³/mol. The van der Waals surface area contributed by atoms with Crippen molar-refractivity contribution in [3.63, 3.8) is 0 Å². The van der Waals surface area contributed by atoms with Crippen molar-refractivity contribution >= 4 is 39.0 Å². The molecule has 0 bridgehead atoms. The fourth-order valence-electron chi connectivity index (χ4n) is 9.28. The Morgan fingerprint density at radius 2 is 1.03 bits per heavy atom. The first-order valence-electron chi connectivity index (χ1n) is 23.6. The maximum Gasteiger partial charge on any atom is 0.149 e. The normalized spacial score (nSPS) is 12.5.